The van der Waals surface area contributed by atoms with Gasteiger partial charge < -0.3 is 4.74 Å². The second kappa shape index (κ2) is 6.36. The number of nitrogens with one attached hydrogen (secondary N) is 1. The molecule has 0 saturated carbocycles. The van der Waals surface area contributed by atoms with Crippen molar-refractivity contribution in [2.24, 2.45) is 0 Å². The highest BCUT2D eigenvalue weighted by Crippen LogP contribution is 2.29. The molecule has 0 amide bonds. The minimum atomic E-state index is -3.74. The van der Waals surface area contributed by atoms with Crippen LogP contribution in [0.15, 0.2) is 35.2 Å². The zero-order valence-electron chi connectivity index (χ0n) is 12.3. The molecule has 0 unspecified atom stereocenters. The molecule has 0 aliphatic carbocycles. The molecule has 0 fully saturated rings. The van der Waals surface area contributed by atoms with Gasteiger partial charge in [-0.2, -0.15) is 0 Å². The Labute approximate surface area is 140 Å². The molecule has 0 heterocycles. The van der Waals surface area contributed by atoms with Crippen LogP contribution in [-0.2, 0) is 10.0 Å². The van der Waals surface area contributed by atoms with E-state index < -0.39 is 10.0 Å². The van der Waals surface area contributed by atoms with Gasteiger partial charge in [-0.15, -0.1) is 0 Å². The van der Waals surface area contributed by atoms with Gasteiger partial charge in [-0.05, 0) is 55.3 Å². The molecule has 0 aromatic heterocycles. The number of hydrogen-bond donors (Lipinski definition) is 1. The van der Waals surface area contributed by atoms with Gasteiger partial charge in [0.15, 0.2) is 0 Å². The molecule has 2 aromatic rings. The highest BCUT2D eigenvalue weighted by Gasteiger charge is 2.21. The summed E-state index contributed by atoms with van der Waals surface area (Å²) in [6.07, 6.45) is 0. The predicted octanol–water partition coefficient (Wildman–Crippen LogP) is 4.42. The lowest BCUT2D eigenvalue weighted by Crippen LogP contribution is -2.15. The van der Waals surface area contributed by atoms with Gasteiger partial charge in [0.25, 0.3) is 10.0 Å². The molecule has 1 N–H and O–H groups in total. The standard InChI is InChI=1S/C15H15Cl2NO3S/c1-9-6-12(21-3)7-10(2)15(9)22(19,20)18-11-4-5-13(16)14(17)8-11/h4-8,18H,1-3H3. The summed E-state index contributed by atoms with van der Waals surface area (Å²) in [5.74, 6) is 0.614. The van der Waals surface area contributed by atoms with Crippen molar-refractivity contribution in [3.05, 3.63) is 51.5 Å². The molecular weight excluding hydrogens is 345 g/mol. The van der Waals surface area contributed by atoms with Crippen LogP contribution in [0, 0.1) is 13.8 Å². The van der Waals surface area contributed by atoms with Crippen molar-refractivity contribution >= 4 is 38.9 Å². The molecule has 118 valence electrons. The normalized spacial score (nSPS) is 11.3. The lowest BCUT2D eigenvalue weighted by molar-refractivity contribution is 0.413. The quantitative estimate of drug-likeness (QED) is 0.878. The van der Waals surface area contributed by atoms with Crippen LogP contribution in [0.5, 0.6) is 5.75 Å². The molecule has 2 rings (SSSR count). The third-order valence-electron chi connectivity index (χ3n) is 3.11. The van der Waals surface area contributed by atoms with Crippen LogP contribution >= 0.6 is 23.2 Å². The van der Waals surface area contributed by atoms with Gasteiger partial charge in [-0.3, -0.25) is 4.72 Å². The van der Waals surface area contributed by atoms with Crippen molar-refractivity contribution in [1.82, 2.24) is 0 Å². The maximum absolute atomic E-state index is 12.6. The minimum absolute atomic E-state index is 0.222. The Kier molecular flexibility index (Phi) is 4.90. The first-order chi connectivity index (χ1) is 10.2. The number of ether oxygens (including phenoxy) is 1. The molecule has 0 saturated heterocycles. The van der Waals surface area contributed by atoms with E-state index in [1.807, 2.05) is 0 Å². The number of sulfonamides is 1. The van der Waals surface area contributed by atoms with Crippen molar-refractivity contribution in [1.29, 1.82) is 0 Å². The van der Waals surface area contributed by atoms with Gasteiger partial charge >= 0.3 is 0 Å². The highest BCUT2D eigenvalue weighted by atomic mass is 35.5. The lowest BCUT2D eigenvalue weighted by atomic mass is 10.1. The van der Waals surface area contributed by atoms with Crippen molar-refractivity contribution in [3.63, 3.8) is 0 Å². The second-order valence-electron chi connectivity index (χ2n) is 4.82. The fourth-order valence-corrected chi connectivity index (χ4v) is 4.02. The molecule has 0 atom stereocenters. The first kappa shape index (κ1) is 16.9. The Morgan fingerprint density at radius 2 is 1.59 bits per heavy atom. The van der Waals surface area contributed by atoms with Crippen LogP contribution in [0.1, 0.15) is 11.1 Å². The van der Waals surface area contributed by atoms with E-state index in [0.29, 0.717) is 27.6 Å². The molecule has 22 heavy (non-hydrogen) atoms. The maximum Gasteiger partial charge on any atom is 0.262 e. The number of anilines is 1. The largest absolute Gasteiger partial charge is 0.497 e. The van der Waals surface area contributed by atoms with E-state index >= 15 is 0 Å². The van der Waals surface area contributed by atoms with Gasteiger partial charge in [0.2, 0.25) is 0 Å². The molecule has 0 spiro atoms. The summed E-state index contributed by atoms with van der Waals surface area (Å²) >= 11 is 11.7. The summed E-state index contributed by atoms with van der Waals surface area (Å²) < 4.78 is 32.9. The van der Waals surface area contributed by atoms with Gasteiger partial charge in [0, 0.05) is 0 Å². The van der Waals surface area contributed by atoms with Crippen molar-refractivity contribution in [3.8, 4) is 5.75 Å². The third-order valence-corrected chi connectivity index (χ3v) is 5.53. The summed E-state index contributed by atoms with van der Waals surface area (Å²) in [4.78, 5) is 0.222. The van der Waals surface area contributed by atoms with Gasteiger partial charge in [0.1, 0.15) is 5.75 Å². The van der Waals surface area contributed by atoms with Crippen LogP contribution in [0.3, 0.4) is 0 Å². The van der Waals surface area contributed by atoms with Crippen LogP contribution in [0.25, 0.3) is 0 Å². The van der Waals surface area contributed by atoms with E-state index in [9.17, 15) is 8.42 Å². The van der Waals surface area contributed by atoms with Crippen LogP contribution < -0.4 is 9.46 Å². The summed E-state index contributed by atoms with van der Waals surface area (Å²) in [6, 6.07) is 7.91. The zero-order valence-corrected chi connectivity index (χ0v) is 14.6. The monoisotopic (exact) mass is 359 g/mol. The second-order valence-corrected chi connectivity index (χ2v) is 7.26. The number of rotatable bonds is 4. The Morgan fingerprint density at radius 3 is 2.09 bits per heavy atom. The third kappa shape index (κ3) is 3.48. The first-order valence-corrected chi connectivity index (χ1v) is 8.61. The van der Waals surface area contributed by atoms with Crippen LogP contribution in [0.4, 0.5) is 5.69 Å². The molecular formula is C15H15Cl2NO3S. The number of halogens is 2. The molecule has 0 bridgehead atoms. The van der Waals surface area contributed by atoms with Crippen molar-refractivity contribution in [2.45, 2.75) is 18.7 Å². The van der Waals surface area contributed by atoms with E-state index in [4.69, 9.17) is 27.9 Å². The molecule has 2 aromatic carbocycles. The Hall–Kier alpha value is -1.43. The minimum Gasteiger partial charge on any atom is -0.497 e. The summed E-state index contributed by atoms with van der Waals surface area (Å²) in [5.41, 5.74) is 1.55. The van der Waals surface area contributed by atoms with Crippen molar-refractivity contribution < 1.29 is 13.2 Å². The highest BCUT2D eigenvalue weighted by molar-refractivity contribution is 7.92. The predicted molar refractivity (Wildman–Crippen MR) is 89.7 cm³/mol. The molecule has 0 radical (unpaired) electrons. The maximum atomic E-state index is 12.6. The first-order valence-electron chi connectivity index (χ1n) is 6.37. The van der Waals surface area contributed by atoms with E-state index in [1.165, 1.54) is 19.2 Å². The SMILES string of the molecule is COc1cc(C)c(S(=O)(=O)Nc2ccc(Cl)c(Cl)c2)c(C)c1. The number of benzene rings is 2. The average Bonchev–Trinajstić information content (AvgIpc) is 2.41. The van der Waals surface area contributed by atoms with E-state index in [2.05, 4.69) is 4.72 Å². The Morgan fingerprint density at radius 1 is 1.00 bits per heavy atom. The number of aryl methyl sites for hydroxylation is 2. The fourth-order valence-electron chi connectivity index (χ4n) is 2.22. The summed E-state index contributed by atoms with van der Waals surface area (Å²) in [5, 5.41) is 0.645. The molecule has 0 aliphatic rings. The van der Waals surface area contributed by atoms with Crippen molar-refractivity contribution in [2.75, 3.05) is 11.8 Å². The number of methoxy groups -OCH3 is 1. The van der Waals surface area contributed by atoms with E-state index in [-0.39, 0.29) is 9.92 Å². The van der Waals surface area contributed by atoms with E-state index in [1.54, 1.807) is 32.0 Å². The summed E-state index contributed by atoms with van der Waals surface area (Å²) in [6.45, 7) is 3.44. The van der Waals surface area contributed by atoms with Crippen LogP contribution in [0.2, 0.25) is 10.0 Å². The Balaban J connectivity index is 2.44. The van der Waals surface area contributed by atoms with Gasteiger partial charge in [-0.25, -0.2) is 8.42 Å². The average molecular weight is 360 g/mol. The molecule has 0 aliphatic heterocycles. The lowest BCUT2D eigenvalue weighted by Gasteiger charge is -2.14. The van der Waals surface area contributed by atoms with E-state index in [0.717, 1.165) is 0 Å². The smallest absolute Gasteiger partial charge is 0.262 e. The summed E-state index contributed by atoms with van der Waals surface area (Å²) in [7, 11) is -2.20. The number of hydrogen-bond acceptors (Lipinski definition) is 3. The topological polar surface area (TPSA) is 55.4 Å². The fraction of sp³-hybridized carbons (Fsp3) is 0.200. The van der Waals surface area contributed by atoms with Gasteiger partial charge in [-0.1, -0.05) is 23.2 Å². The molecule has 4 nitrogen and oxygen atoms in total. The van der Waals surface area contributed by atoms with Crippen LogP contribution in [-0.4, -0.2) is 15.5 Å². The zero-order chi connectivity index (χ0) is 16.5. The molecule has 7 heteroatoms. The van der Waals surface area contributed by atoms with Gasteiger partial charge in [0.05, 0.1) is 27.7 Å². The Bertz CT molecular complexity index is 797.